The maximum Gasteiger partial charge on any atom is 0.290 e. The van der Waals surface area contributed by atoms with Crippen LogP contribution in [0.2, 0.25) is 0 Å². The molecule has 0 aliphatic heterocycles. The molecule has 3 aromatic rings. The molecule has 0 spiro atoms. The molecule has 1 fully saturated rings. The Morgan fingerprint density at radius 1 is 1.26 bits per heavy atom. The molecule has 0 bridgehead atoms. The Labute approximate surface area is 156 Å². The Kier molecular flexibility index (Phi) is 4.71. The van der Waals surface area contributed by atoms with Crippen molar-refractivity contribution in [2.24, 2.45) is 0 Å². The number of hydrogen-bond acceptors (Lipinski definition) is 4. The van der Waals surface area contributed by atoms with Gasteiger partial charge in [0.25, 0.3) is 11.5 Å². The highest BCUT2D eigenvalue weighted by atomic mass is 16.5. The third-order valence-corrected chi connectivity index (χ3v) is 5.23. The summed E-state index contributed by atoms with van der Waals surface area (Å²) in [6.07, 6.45) is 5.60. The van der Waals surface area contributed by atoms with Crippen LogP contribution in [0, 0.1) is 0 Å². The average molecular weight is 366 g/mol. The molecule has 27 heavy (non-hydrogen) atoms. The fourth-order valence-corrected chi connectivity index (χ4v) is 3.78. The zero-order valence-corrected chi connectivity index (χ0v) is 15.2. The summed E-state index contributed by atoms with van der Waals surface area (Å²) in [6.45, 7) is 0.265. The van der Waals surface area contributed by atoms with E-state index in [4.69, 9.17) is 9.15 Å². The first-order valence-electron chi connectivity index (χ1n) is 9.20. The molecule has 1 saturated carbocycles. The first-order chi connectivity index (χ1) is 13.2. The topological polar surface area (TPSA) is 75.5 Å². The number of aromatic nitrogens is 1. The fourth-order valence-electron chi connectivity index (χ4n) is 3.78. The van der Waals surface area contributed by atoms with Crippen molar-refractivity contribution in [3.8, 4) is 5.75 Å². The number of rotatable bonds is 5. The molecule has 1 aromatic carbocycles. The van der Waals surface area contributed by atoms with Gasteiger partial charge in [-0.15, -0.1) is 0 Å². The second-order valence-corrected chi connectivity index (χ2v) is 6.93. The predicted octanol–water partition coefficient (Wildman–Crippen LogP) is 3.71. The van der Waals surface area contributed by atoms with E-state index < -0.39 is 0 Å². The van der Waals surface area contributed by atoms with Crippen molar-refractivity contribution in [3.05, 3.63) is 64.3 Å². The number of aromatic amines is 1. The molecule has 0 unspecified atom stereocenters. The number of carbonyl (C=O) groups excluding carboxylic acids is 1. The number of fused-ring (bicyclic) bond motifs is 1. The summed E-state index contributed by atoms with van der Waals surface area (Å²) in [5, 5.41) is 0.905. The van der Waals surface area contributed by atoms with Crippen molar-refractivity contribution < 1.29 is 13.9 Å². The monoisotopic (exact) mass is 366 g/mol. The van der Waals surface area contributed by atoms with Crippen LogP contribution in [0.15, 0.2) is 51.9 Å². The lowest BCUT2D eigenvalue weighted by Crippen LogP contribution is -2.39. The lowest BCUT2D eigenvalue weighted by atomic mass is 10.1. The van der Waals surface area contributed by atoms with Gasteiger partial charge in [0.15, 0.2) is 5.76 Å². The molecule has 0 saturated heterocycles. The van der Waals surface area contributed by atoms with E-state index in [9.17, 15) is 9.59 Å². The normalized spacial score (nSPS) is 14.6. The molecule has 0 atom stereocenters. The molecule has 0 radical (unpaired) electrons. The van der Waals surface area contributed by atoms with Gasteiger partial charge in [0.2, 0.25) is 0 Å². The van der Waals surface area contributed by atoms with Gasteiger partial charge in [-0.05, 0) is 48.6 Å². The number of carbonyl (C=O) groups is 1. The Balaban J connectivity index is 1.69. The zero-order chi connectivity index (χ0) is 18.8. The first kappa shape index (κ1) is 17.4. The van der Waals surface area contributed by atoms with E-state index >= 15 is 0 Å². The van der Waals surface area contributed by atoms with Gasteiger partial charge in [-0.2, -0.15) is 0 Å². The molecule has 1 amide bonds. The third kappa shape index (κ3) is 3.47. The van der Waals surface area contributed by atoms with Crippen molar-refractivity contribution in [3.63, 3.8) is 0 Å². The number of nitrogens with one attached hydrogen (secondary N) is 1. The van der Waals surface area contributed by atoms with Crippen LogP contribution in [0.5, 0.6) is 5.75 Å². The number of pyridine rings is 1. The number of amides is 1. The van der Waals surface area contributed by atoms with Crippen LogP contribution >= 0.6 is 0 Å². The number of benzene rings is 1. The molecule has 1 aliphatic carbocycles. The minimum atomic E-state index is -0.189. The van der Waals surface area contributed by atoms with Gasteiger partial charge in [0.1, 0.15) is 5.75 Å². The summed E-state index contributed by atoms with van der Waals surface area (Å²) < 4.78 is 10.5. The maximum absolute atomic E-state index is 13.0. The number of methoxy groups -OCH3 is 1. The minimum absolute atomic E-state index is 0.133. The standard InChI is InChI=1S/C21H22N2O4/c1-26-17-9-8-14-11-15(20(24)22-18(14)12-17)13-23(16-5-2-3-6-16)21(25)19-7-4-10-27-19/h4,7-12,16H,2-3,5-6,13H2,1H3,(H,22,24). The Morgan fingerprint density at radius 2 is 2.07 bits per heavy atom. The highest BCUT2D eigenvalue weighted by Crippen LogP contribution is 2.27. The second-order valence-electron chi connectivity index (χ2n) is 6.93. The van der Waals surface area contributed by atoms with Gasteiger partial charge in [-0.3, -0.25) is 9.59 Å². The predicted molar refractivity (Wildman–Crippen MR) is 102 cm³/mol. The van der Waals surface area contributed by atoms with Crippen LogP contribution in [-0.4, -0.2) is 28.9 Å². The third-order valence-electron chi connectivity index (χ3n) is 5.23. The van der Waals surface area contributed by atoms with Gasteiger partial charge >= 0.3 is 0 Å². The molecule has 1 N–H and O–H groups in total. The quantitative estimate of drug-likeness (QED) is 0.747. The average Bonchev–Trinajstić information content (AvgIpc) is 3.39. The summed E-state index contributed by atoms with van der Waals surface area (Å²) in [5.41, 5.74) is 1.10. The molecule has 6 heteroatoms. The van der Waals surface area contributed by atoms with Crippen molar-refractivity contribution in [2.75, 3.05) is 7.11 Å². The summed E-state index contributed by atoms with van der Waals surface area (Å²) in [4.78, 5) is 30.3. The highest BCUT2D eigenvalue weighted by molar-refractivity contribution is 5.91. The molecule has 140 valence electrons. The lowest BCUT2D eigenvalue weighted by Gasteiger charge is -2.28. The zero-order valence-electron chi connectivity index (χ0n) is 15.2. The Hall–Kier alpha value is -3.02. The fraction of sp³-hybridized carbons (Fsp3) is 0.333. The van der Waals surface area contributed by atoms with Crippen LogP contribution in [0.4, 0.5) is 0 Å². The summed E-state index contributed by atoms with van der Waals surface area (Å²) in [5.74, 6) is 0.830. The summed E-state index contributed by atoms with van der Waals surface area (Å²) in [7, 11) is 1.59. The van der Waals surface area contributed by atoms with E-state index in [1.165, 1.54) is 6.26 Å². The number of nitrogens with zero attached hydrogens (tertiary/aromatic N) is 1. The lowest BCUT2D eigenvalue weighted by molar-refractivity contribution is 0.0631. The molecule has 2 aromatic heterocycles. The minimum Gasteiger partial charge on any atom is -0.497 e. The molecule has 1 aliphatic rings. The van der Waals surface area contributed by atoms with Gasteiger partial charge in [-0.25, -0.2) is 0 Å². The van der Waals surface area contributed by atoms with E-state index in [0.29, 0.717) is 22.6 Å². The van der Waals surface area contributed by atoms with Crippen molar-refractivity contribution in [2.45, 2.75) is 38.3 Å². The Morgan fingerprint density at radius 3 is 2.78 bits per heavy atom. The smallest absolute Gasteiger partial charge is 0.290 e. The van der Waals surface area contributed by atoms with Crippen LogP contribution < -0.4 is 10.3 Å². The summed E-state index contributed by atoms with van der Waals surface area (Å²) >= 11 is 0. The van der Waals surface area contributed by atoms with Gasteiger partial charge in [0, 0.05) is 17.7 Å². The van der Waals surface area contributed by atoms with Crippen molar-refractivity contribution >= 4 is 16.8 Å². The SMILES string of the molecule is COc1ccc2cc(CN(C(=O)c3ccco3)C3CCCC3)c(=O)[nH]c2c1. The molecular weight excluding hydrogens is 344 g/mol. The molecular formula is C21H22N2O4. The van der Waals surface area contributed by atoms with Gasteiger partial charge in [-0.1, -0.05) is 12.8 Å². The largest absolute Gasteiger partial charge is 0.497 e. The van der Waals surface area contributed by atoms with E-state index in [0.717, 1.165) is 31.1 Å². The van der Waals surface area contributed by atoms with Crippen LogP contribution in [0.25, 0.3) is 10.9 Å². The van der Waals surface area contributed by atoms with Crippen molar-refractivity contribution in [1.82, 2.24) is 9.88 Å². The molecule has 4 rings (SSSR count). The van der Waals surface area contributed by atoms with E-state index in [1.807, 2.05) is 18.2 Å². The highest BCUT2D eigenvalue weighted by Gasteiger charge is 2.29. The number of hydrogen-bond donors (Lipinski definition) is 1. The number of furan rings is 1. The number of H-pyrrole nitrogens is 1. The van der Waals surface area contributed by atoms with Crippen LogP contribution in [0.3, 0.4) is 0 Å². The molecule has 2 heterocycles. The van der Waals surface area contributed by atoms with Gasteiger partial charge in [0.05, 0.1) is 25.4 Å². The van der Waals surface area contributed by atoms with E-state index in [1.54, 1.807) is 30.2 Å². The van der Waals surface area contributed by atoms with Gasteiger partial charge < -0.3 is 19.0 Å². The van der Waals surface area contributed by atoms with E-state index in [2.05, 4.69) is 4.98 Å². The van der Waals surface area contributed by atoms with E-state index in [-0.39, 0.29) is 24.1 Å². The second kappa shape index (κ2) is 7.31. The molecule has 6 nitrogen and oxygen atoms in total. The summed E-state index contributed by atoms with van der Waals surface area (Å²) in [6, 6.07) is 10.9. The van der Waals surface area contributed by atoms with Crippen molar-refractivity contribution in [1.29, 1.82) is 0 Å². The van der Waals surface area contributed by atoms with Crippen LogP contribution in [0.1, 0.15) is 41.8 Å². The Bertz CT molecular complexity index is 1000. The number of ether oxygens (including phenoxy) is 1. The van der Waals surface area contributed by atoms with Crippen LogP contribution in [-0.2, 0) is 6.54 Å². The first-order valence-corrected chi connectivity index (χ1v) is 9.20. The maximum atomic E-state index is 13.0.